The maximum atomic E-state index is 13.4. The summed E-state index contributed by atoms with van der Waals surface area (Å²) >= 11 is 0. The second-order valence-corrected chi connectivity index (χ2v) is 15.3. The van der Waals surface area contributed by atoms with Crippen LogP contribution in [0.15, 0.2) is 54.6 Å². The number of nitrogens with zero attached hydrogens (tertiary/aromatic N) is 2. The highest BCUT2D eigenvalue weighted by Gasteiger charge is 2.50. The number of carbonyl (C=O) groups excluding carboxylic acids is 2. The molecule has 0 aromatic heterocycles. The molecule has 2 saturated heterocycles. The van der Waals surface area contributed by atoms with Crippen LogP contribution in [0, 0.1) is 5.92 Å². The van der Waals surface area contributed by atoms with E-state index in [1.165, 1.54) is 5.56 Å². The molecule has 7 nitrogen and oxygen atoms in total. The fraction of sp³-hybridized carbons (Fsp3) is 0.533. The molecule has 2 fully saturated rings. The zero-order valence-electron chi connectivity index (χ0n) is 22.9. The minimum absolute atomic E-state index is 0.0445. The first kappa shape index (κ1) is 28.5. The van der Waals surface area contributed by atoms with E-state index in [1.54, 1.807) is 4.90 Å². The molecule has 0 unspecified atom stereocenters. The van der Waals surface area contributed by atoms with E-state index in [4.69, 9.17) is 4.74 Å². The average Bonchev–Trinajstić information content (AvgIpc) is 3.45. The van der Waals surface area contributed by atoms with Gasteiger partial charge in [0, 0.05) is 37.3 Å². The van der Waals surface area contributed by atoms with Crippen LogP contribution in [0.25, 0.3) is 0 Å². The van der Waals surface area contributed by atoms with Gasteiger partial charge in [-0.05, 0) is 61.5 Å². The van der Waals surface area contributed by atoms with Gasteiger partial charge in [0.1, 0.15) is 0 Å². The van der Waals surface area contributed by atoms with Crippen molar-refractivity contribution in [3.05, 3.63) is 65.7 Å². The number of ether oxygens (including phenoxy) is 1. The summed E-state index contributed by atoms with van der Waals surface area (Å²) in [7, 11) is -2.61. The van der Waals surface area contributed by atoms with E-state index in [0.717, 1.165) is 37.1 Å². The van der Waals surface area contributed by atoms with Gasteiger partial charge in [-0.3, -0.25) is 9.59 Å². The monoisotopic (exact) mass is 538 g/mol. The minimum Gasteiger partial charge on any atom is -0.432 e. The van der Waals surface area contributed by atoms with E-state index in [-0.39, 0.29) is 55.1 Å². The van der Waals surface area contributed by atoms with Gasteiger partial charge in [0.05, 0.1) is 25.2 Å². The Hall–Kier alpha value is -2.52. The molecular weight excluding hydrogens is 496 g/mol. The molecule has 206 valence electrons. The number of benzene rings is 2. The smallest absolute Gasteiger partial charge is 0.227 e. The summed E-state index contributed by atoms with van der Waals surface area (Å²) < 4.78 is 6.51. The van der Waals surface area contributed by atoms with Crippen molar-refractivity contribution in [1.82, 2.24) is 4.90 Å². The van der Waals surface area contributed by atoms with Crippen molar-refractivity contribution in [1.29, 1.82) is 0 Å². The number of amides is 2. The van der Waals surface area contributed by atoms with Gasteiger partial charge < -0.3 is 24.4 Å². The van der Waals surface area contributed by atoms with Gasteiger partial charge in [0.25, 0.3) is 0 Å². The number of carbonyl (C=O) groups is 2. The quantitative estimate of drug-likeness (QED) is 0.420. The van der Waals surface area contributed by atoms with Gasteiger partial charge in [0.2, 0.25) is 11.8 Å². The average molecular weight is 539 g/mol. The topological polar surface area (TPSA) is 90.3 Å². The lowest BCUT2D eigenvalue weighted by Gasteiger charge is -2.31. The van der Waals surface area contributed by atoms with Crippen LogP contribution in [-0.2, 0) is 27.3 Å². The van der Waals surface area contributed by atoms with Gasteiger partial charge >= 0.3 is 0 Å². The molecule has 2 aliphatic rings. The van der Waals surface area contributed by atoms with E-state index in [2.05, 4.69) is 19.1 Å². The zero-order chi connectivity index (χ0) is 27.3. The fourth-order valence-corrected chi connectivity index (χ4v) is 8.81. The van der Waals surface area contributed by atoms with Gasteiger partial charge in [-0.1, -0.05) is 49.4 Å². The molecule has 0 bridgehead atoms. The van der Waals surface area contributed by atoms with Gasteiger partial charge in [0.15, 0.2) is 8.32 Å². The molecule has 8 heteroatoms. The third kappa shape index (κ3) is 6.91. The number of hydrogen-bond acceptors (Lipinski definition) is 5. The number of anilines is 1. The van der Waals surface area contributed by atoms with Crippen LogP contribution in [0.3, 0.4) is 0 Å². The molecule has 4 rings (SSSR count). The summed E-state index contributed by atoms with van der Waals surface area (Å²) in [6, 6.07) is 18.0. The summed E-state index contributed by atoms with van der Waals surface area (Å²) in [4.78, 5) is 40.1. The summed E-state index contributed by atoms with van der Waals surface area (Å²) in [5.41, 5.74) is 3.11. The Bertz CT molecular complexity index is 1070. The van der Waals surface area contributed by atoms with Gasteiger partial charge in [-0.2, -0.15) is 0 Å². The SMILES string of the molecule is C[C@@H]1[C@@H]([Si](C)(C)O)[C@H](CC(=O)N(CCO)Cc2ccccc2)O[C@@H]1CCc1ccc(N2CCCC2=O)cc1. The van der Waals surface area contributed by atoms with Crippen LogP contribution in [0.5, 0.6) is 0 Å². The predicted molar refractivity (Wildman–Crippen MR) is 151 cm³/mol. The molecule has 0 spiro atoms. The first-order valence-corrected chi connectivity index (χ1v) is 16.9. The first-order valence-electron chi connectivity index (χ1n) is 13.9. The molecule has 2 aromatic carbocycles. The lowest BCUT2D eigenvalue weighted by Crippen LogP contribution is -2.42. The van der Waals surface area contributed by atoms with Crippen LogP contribution in [0.4, 0.5) is 5.69 Å². The van der Waals surface area contributed by atoms with E-state index in [0.29, 0.717) is 13.0 Å². The fourth-order valence-electron chi connectivity index (χ4n) is 6.20. The van der Waals surface area contributed by atoms with Crippen molar-refractivity contribution < 1.29 is 24.2 Å². The van der Waals surface area contributed by atoms with Crippen LogP contribution in [-0.4, -0.2) is 66.8 Å². The highest BCUT2D eigenvalue weighted by molar-refractivity contribution is 6.71. The Balaban J connectivity index is 1.39. The van der Waals surface area contributed by atoms with Crippen molar-refractivity contribution >= 4 is 25.8 Å². The number of aliphatic hydroxyl groups is 1. The molecule has 0 saturated carbocycles. The maximum Gasteiger partial charge on any atom is 0.227 e. The lowest BCUT2D eigenvalue weighted by atomic mass is 9.95. The number of aryl methyl sites for hydroxylation is 1. The highest BCUT2D eigenvalue weighted by atomic mass is 28.4. The number of rotatable bonds is 11. The van der Waals surface area contributed by atoms with Crippen LogP contribution in [0.2, 0.25) is 18.6 Å². The summed E-state index contributed by atoms with van der Waals surface area (Å²) in [5, 5.41) is 9.58. The van der Waals surface area contributed by atoms with Crippen LogP contribution >= 0.6 is 0 Å². The zero-order valence-corrected chi connectivity index (χ0v) is 23.9. The molecule has 2 N–H and O–H groups in total. The normalized spacial score (nSPS) is 23.7. The Morgan fingerprint density at radius 1 is 1.08 bits per heavy atom. The first-order chi connectivity index (χ1) is 18.2. The molecule has 38 heavy (non-hydrogen) atoms. The number of hydrogen-bond donors (Lipinski definition) is 2. The largest absolute Gasteiger partial charge is 0.432 e. The van der Waals surface area contributed by atoms with Crippen molar-refractivity contribution in [2.24, 2.45) is 5.92 Å². The van der Waals surface area contributed by atoms with E-state index >= 15 is 0 Å². The molecule has 2 aliphatic heterocycles. The van der Waals surface area contributed by atoms with Gasteiger partial charge in [-0.15, -0.1) is 0 Å². The minimum atomic E-state index is -2.61. The molecule has 2 amide bonds. The third-order valence-electron chi connectivity index (χ3n) is 8.07. The molecule has 4 atom stereocenters. The maximum absolute atomic E-state index is 13.4. The third-order valence-corrected chi connectivity index (χ3v) is 10.6. The lowest BCUT2D eigenvalue weighted by molar-refractivity contribution is -0.135. The molecule has 0 aliphatic carbocycles. The standard InChI is InChI=1S/C30H42N2O5Si/c1-22-26(16-13-23-11-14-25(15-12-23)32-17-7-10-28(32)34)37-27(30(22)38(2,3)36)20-29(35)31(18-19-33)21-24-8-5-4-6-9-24/h4-6,8-9,11-12,14-15,22,26-27,30,33,36H,7,10,13,16-21H2,1-3H3/t22-,26+,27-,30+/m0/s1. The summed E-state index contributed by atoms with van der Waals surface area (Å²) in [6.07, 6.45) is 2.99. The van der Waals surface area contributed by atoms with Crippen molar-refractivity contribution in [2.45, 2.75) is 76.4 Å². The Kier molecular flexibility index (Phi) is 9.41. The Morgan fingerprint density at radius 2 is 1.79 bits per heavy atom. The molecule has 2 aromatic rings. The second-order valence-electron chi connectivity index (χ2n) is 11.3. The van der Waals surface area contributed by atoms with Crippen molar-refractivity contribution in [2.75, 3.05) is 24.6 Å². The van der Waals surface area contributed by atoms with E-state index in [1.807, 2.05) is 60.5 Å². The van der Waals surface area contributed by atoms with E-state index in [9.17, 15) is 19.5 Å². The Morgan fingerprint density at radius 3 is 2.39 bits per heavy atom. The van der Waals surface area contributed by atoms with Crippen molar-refractivity contribution in [3.63, 3.8) is 0 Å². The molecular formula is C30H42N2O5Si. The number of aliphatic hydroxyl groups excluding tert-OH is 1. The second kappa shape index (κ2) is 12.6. The highest BCUT2D eigenvalue weighted by Crippen LogP contribution is 2.45. The van der Waals surface area contributed by atoms with E-state index < -0.39 is 8.32 Å². The predicted octanol–water partition coefficient (Wildman–Crippen LogP) is 4.13. The Labute approximate surface area is 227 Å². The van der Waals surface area contributed by atoms with Crippen molar-refractivity contribution in [3.8, 4) is 0 Å². The summed E-state index contributed by atoms with van der Waals surface area (Å²) in [6.45, 7) is 7.41. The van der Waals surface area contributed by atoms with Crippen LogP contribution in [0.1, 0.15) is 43.7 Å². The van der Waals surface area contributed by atoms with Gasteiger partial charge in [-0.25, -0.2) is 0 Å². The van der Waals surface area contributed by atoms with Crippen LogP contribution < -0.4 is 4.90 Å². The molecule has 2 heterocycles. The summed E-state index contributed by atoms with van der Waals surface area (Å²) in [5.74, 6) is 0.270. The molecule has 0 radical (unpaired) electrons.